The van der Waals surface area contributed by atoms with Crippen LogP contribution in [0.3, 0.4) is 0 Å². The molecule has 0 radical (unpaired) electrons. The SMILES string of the molecule is Cc1ccc(C)c(-c2nonc2NC(=O)c2cc(=O)c3c(C)cc(C)cc3o2)c1. The Morgan fingerprint density at radius 3 is 2.52 bits per heavy atom. The van der Waals surface area contributed by atoms with Gasteiger partial charge in [-0.05, 0) is 66.8 Å². The molecule has 0 aliphatic rings. The minimum absolute atomic E-state index is 0.109. The summed E-state index contributed by atoms with van der Waals surface area (Å²) in [6.07, 6.45) is 0. The topological polar surface area (TPSA) is 98.2 Å². The molecule has 0 aliphatic carbocycles. The predicted molar refractivity (Wildman–Crippen MR) is 109 cm³/mol. The maximum Gasteiger partial charge on any atom is 0.292 e. The Balaban J connectivity index is 1.72. The lowest BCUT2D eigenvalue weighted by Gasteiger charge is -2.07. The lowest BCUT2D eigenvalue weighted by Crippen LogP contribution is -2.16. The van der Waals surface area contributed by atoms with Crippen LogP contribution in [-0.4, -0.2) is 16.2 Å². The maximum absolute atomic E-state index is 12.8. The van der Waals surface area contributed by atoms with E-state index in [4.69, 9.17) is 9.05 Å². The summed E-state index contributed by atoms with van der Waals surface area (Å²) in [5.74, 6) is -0.556. The predicted octanol–water partition coefficient (Wildman–Crippen LogP) is 4.33. The fourth-order valence-corrected chi connectivity index (χ4v) is 3.38. The number of hydrogen-bond acceptors (Lipinski definition) is 6. The first-order valence-electron chi connectivity index (χ1n) is 9.10. The van der Waals surface area contributed by atoms with Crippen LogP contribution in [0.25, 0.3) is 22.2 Å². The first kappa shape index (κ1) is 18.6. The summed E-state index contributed by atoms with van der Waals surface area (Å²) in [5, 5.41) is 10.8. The number of nitrogens with zero attached hydrogens (tertiary/aromatic N) is 2. The molecule has 0 aliphatic heterocycles. The second-order valence-electron chi connectivity index (χ2n) is 7.16. The van der Waals surface area contributed by atoms with Crippen molar-refractivity contribution in [3.8, 4) is 11.3 Å². The first-order chi connectivity index (χ1) is 13.8. The van der Waals surface area contributed by atoms with Crippen LogP contribution in [0.15, 0.2) is 50.2 Å². The number of fused-ring (bicyclic) bond motifs is 1. The molecule has 0 atom stereocenters. The summed E-state index contributed by atoms with van der Waals surface area (Å²) in [6.45, 7) is 7.63. The van der Waals surface area contributed by atoms with Gasteiger partial charge in [-0.3, -0.25) is 14.9 Å². The lowest BCUT2D eigenvalue weighted by atomic mass is 10.0. The normalized spacial score (nSPS) is 11.0. The van der Waals surface area contributed by atoms with Gasteiger partial charge in [0.25, 0.3) is 5.91 Å². The van der Waals surface area contributed by atoms with Crippen molar-refractivity contribution < 1.29 is 13.8 Å². The molecule has 1 amide bonds. The van der Waals surface area contributed by atoms with Crippen LogP contribution in [0, 0.1) is 27.7 Å². The fraction of sp³-hybridized carbons (Fsp3) is 0.182. The minimum Gasteiger partial charge on any atom is -0.451 e. The molecule has 7 nitrogen and oxygen atoms in total. The fourth-order valence-electron chi connectivity index (χ4n) is 3.38. The molecule has 146 valence electrons. The molecule has 0 saturated carbocycles. The van der Waals surface area contributed by atoms with Gasteiger partial charge in [-0.2, -0.15) is 0 Å². The molecule has 4 aromatic rings. The standard InChI is InChI=1S/C22H19N3O4/c1-11-5-6-13(3)15(8-11)20-21(25-29-24-20)23-22(27)18-10-16(26)19-14(4)7-12(2)9-17(19)28-18/h5-10H,1-4H3,(H,23,25,27). The van der Waals surface area contributed by atoms with E-state index in [-0.39, 0.29) is 17.0 Å². The van der Waals surface area contributed by atoms with Gasteiger partial charge in [-0.15, -0.1) is 0 Å². The maximum atomic E-state index is 12.8. The molecule has 2 heterocycles. The molecular formula is C22H19N3O4. The van der Waals surface area contributed by atoms with Crippen LogP contribution in [0.4, 0.5) is 5.82 Å². The van der Waals surface area contributed by atoms with Gasteiger partial charge in [-0.25, -0.2) is 4.63 Å². The zero-order valence-corrected chi connectivity index (χ0v) is 16.5. The molecule has 0 unspecified atom stereocenters. The van der Waals surface area contributed by atoms with Crippen molar-refractivity contribution in [2.45, 2.75) is 27.7 Å². The summed E-state index contributed by atoms with van der Waals surface area (Å²) in [4.78, 5) is 25.3. The van der Waals surface area contributed by atoms with Crippen molar-refractivity contribution in [1.29, 1.82) is 0 Å². The van der Waals surface area contributed by atoms with Gasteiger partial charge < -0.3 is 4.42 Å². The highest BCUT2D eigenvalue weighted by atomic mass is 16.6. The highest BCUT2D eigenvalue weighted by Crippen LogP contribution is 2.28. The van der Waals surface area contributed by atoms with E-state index in [2.05, 4.69) is 15.6 Å². The van der Waals surface area contributed by atoms with E-state index >= 15 is 0 Å². The molecule has 0 saturated heterocycles. The molecule has 0 spiro atoms. The van der Waals surface area contributed by atoms with Crippen LogP contribution in [0.1, 0.15) is 32.8 Å². The number of rotatable bonds is 3. The van der Waals surface area contributed by atoms with Crippen LogP contribution >= 0.6 is 0 Å². The van der Waals surface area contributed by atoms with E-state index < -0.39 is 5.91 Å². The Bertz CT molecular complexity index is 1320. The van der Waals surface area contributed by atoms with Crippen LogP contribution in [0.5, 0.6) is 0 Å². The van der Waals surface area contributed by atoms with Crippen molar-refractivity contribution in [3.05, 3.63) is 74.6 Å². The van der Waals surface area contributed by atoms with Crippen molar-refractivity contribution in [1.82, 2.24) is 10.3 Å². The number of benzene rings is 2. The van der Waals surface area contributed by atoms with Gasteiger partial charge >= 0.3 is 0 Å². The number of amides is 1. The first-order valence-corrected chi connectivity index (χ1v) is 9.10. The van der Waals surface area contributed by atoms with Gasteiger partial charge in [0.05, 0.1) is 5.39 Å². The van der Waals surface area contributed by atoms with Crippen LogP contribution < -0.4 is 10.7 Å². The Labute approximate surface area is 166 Å². The molecule has 2 aromatic carbocycles. The summed E-state index contributed by atoms with van der Waals surface area (Å²) in [5.41, 5.74) is 5.05. The highest BCUT2D eigenvalue weighted by molar-refractivity contribution is 6.04. The average molecular weight is 389 g/mol. The Morgan fingerprint density at radius 2 is 1.72 bits per heavy atom. The molecule has 0 fully saturated rings. The van der Waals surface area contributed by atoms with Crippen molar-refractivity contribution >= 4 is 22.7 Å². The number of carbonyl (C=O) groups excluding carboxylic acids is 1. The average Bonchev–Trinajstić information content (AvgIpc) is 3.10. The third-order valence-electron chi connectivity index (χ3n) is 4.76. The van der Waals surface area contributed by atoms with Crippen LogP contribution in [-0.2, 0) is 0 Å². The molecule has 1 N–H and O–H groups in total. The molecule has 4 rings (SSSR count). The molecule has 7 heteroatoms. The van der Waals surface area contributed by atoms with E-state index in [9.17, 15) is 9.59 Å². The minimum atomic E-state index is -0.606. The monoisotopic (exact) mass is 389 g/mol. The lowest BCUT2D eigenvalue weighted by molar-refractivity contribution is 0.0996. The zero-order chi connectivity index (χ0) is 20.7. The Morgan fingerprint density at radius 1 is 0.931 bits per heavy atom. The van der Waals surface area contributed by atoms with Gasteiger partial charge in [0.2, 0.25) is 5.82 Å². The summed E-state index contributed by atoms with van der Waals surface area (Å²) >= 11 is 0. The number of aromatic nitrogens is 2. The molecular weight excluding hydrogens is 370 g/mol. The smallest absolute Gasteiger partial charge is 0.292 e. The summed E-state index contributed by atoms with van der Waals surface area (Å²) < 4.78 is 10.6. The van der Waals surface area contributed by atoms with Crippen molar-refractivity contribution in [3.63, 3.8) is 0 Å². The van der Waals surface area contributed by atoms with Gasteiger partial charge in [0.1, 0.15) is 5.58 Å². The molecule has 0 bridgehead atoms. The summed E-state index contributed by atoms with van der Waals surface area (Å²) in [6, 6.07) is 10.7. The van der Waals surface area contributed by atoms with Crippen molar-refractivity contribution in [2.75, 3.05) is 5.32 Å². The largest absolute Gasteiger partial charge is 0.451 e. The number of hydrogen-bond donors (Lipinski definition) is 1. The van der Waals surface area contributed by atoms with Gasteiger partial charge in [-0.1, -0.05) is 23.8 Å². The van der Waals surface area contributed by atoms with E-state index in [0.29, 0.717) is 16.7 Å². The van der Waals surface area contributed by atoms with E-state index in [0.717, 1.165) is 27.8 Å². The second kappa shape index (κ2) is 7.01. The Hall–Kier alpha value is -3.74. The highest BCUT2D eigenvalue weighted by Gasteiger charge is 2.20. The summed E-state index contributed by atoms with van der Waals surface area (Å²) in [7, 11) is 0. The number of anilines is 1. The van der Waals surface area contributed by atoms with E-state index in [1.807, 2.05) is 52.0 Å². The van der Waals surface area contributed by atoms with Gasteiger partial charge in [0, 0.05) is 11.6 Å². The zero-order valence-electron chi connectivity index (χ0n) is 16.5. The van der Waals surface area contributed by atoms with E-state index in [1.165, 1.54) is 6.07 Å². The second-order valence-corrected chi connectivity index (χ2v) is 7.16. The third kappa shape index (κ3) is 3.42. The molecule has 29 heavy (non-hydrogen) atoms. The number of carbonyl (C=O) groups is 1. The van der Waals surface area contributed by atoms with Crippen molar-refractivity contribution in [2.24, 2.45) is 0 Å². The quantitative estimate of drug-likeness (QED) is 0.560. The number of nitrogens with one attached hydrogen (secondary N) is 1. The third-order valence-corrected chi connectivity index (χ3v) is 4.76. The molecule has 2 aromatic heterocycles. The van der Waals surface area contributed by atoms with Gasteiger partial charge in [0.15, 0.2) is 16.9 Å². The van der Waals surface area contributed by atoms with Crippen LogP contribution in [0.2, 0.25) is 0 Å². The Kier molecular flexibility index (Phi) is 4.50. The van der Waals surface area contributed by atoms with E-state index in [1.54, 1.807) is 6.07 Å². The number of aryl methyl sites for hydroxylation is 4.